The van der Waals surface area contributed by atoms with E-state index in [9.17, 15) is 4.79 Å². The van der Waals surface area contributed by atoms with Gasteiger partial charge in [-0.15, -0.1) is 0 Å². The first-order valence-corrected chi connectivity index (χ1v) is 3.27. The van der Waals surface area contributed by atoms with Gasteiger partial charge in [-0.25, -0.2) is 0 Å². The van der Waals surface area contributed by atoms with Crippen LogP contribution in [-0.4, -0.2) is 35.1 Å². The normalized spacial score (nSPS) is 6.25. The summed E-state index contributed by atoms with van der Waals surface area (Å²) < 4.78 is 12.7. The van der Waals surface area contributed by atoms with Crippen LogP contribution in [0.5, 0.6) is 0 Å². The Hall–Kier alpha value is 0.0687. The van der Waals surface area contributed by atoms with Crippen molar-refractivity contribution in [2.45, 2.75) is 13.8 Å². The molecule has 0 atom stereocenters. The predicted molar refractivity (Wildman–Crippen MR) is 28.7 cm³/mol. The molecule has 0 rings (SSSR count). The molecule has 0 fully saturated rings. The second-order valence-corrected chi connectivity index (χ2v) is 0.925. The van der Waals surface area contributed by atoms with Crippen molar-refractivity contribution in [3.8, 4) is 0 Å². The Morgan fingerprint density at radius 1 is 1.62 bits per heavy atom. The van der Waals surface area contributed by atoms with Crippen LogP contribution in [0.25, 0.3) is 0 Å². The van der Waals surface area contributed by atoms with Crippen molar-refractivity contribution < 1.29 is 12.6 Å². The molecule has 0 amide bonds. The van der Waals surface area contributed by atoms with Gasteiger partial charge in [-0.2, -0.15) is 0 Å². The summed E-state index contributed by atoms with van der Waals surface area (Å²) in [5.41, 5.74) is 0. The van der Waals surface area contributed by atoms with Gasteiger partial charge in [-0.05, 0) is 6.92 Å². The van der Waals surface area contributed by atoms with Crippen LogP contribution in [0.1, 0.15) is 13.8 Å². The molecule has 0 aliphatic carbocycles. The molecule has 0 spiro atoms. The minimum atomic E-state index is -0.211. The molecule has 0 aromatic heterocycles. The molecule has 46 valence electrons. The van der Waals surface area contributed by atoms with E-state index in [-0.39, 0.29) is 5.97 Å². The standard InChI is InChI=1S/C4H8O2.O.Sn/c1-3-6-4(2)5;;/h3H2,1-2H3;;. The van der Waals surface area contributed by atoms with Gasteiger partial charge in [0, 0.05) is 6.92 Å². The first-order chi connectivity index (χ1) is 3.77. The van der Waals surface area contributed by atoms with Gasteiger partial charge in [0.25, 0.3) is 0 Å². The Morgan fingerprint density at radius 3 is 2.00 bits per heavy atom. The third-order valence-corrected chi connectivity index (χ3v) is 0.348. The van der Waals surface area contributed by atoms with Crippen LogP contribution in [0.2, 0.25) is 0 Å². The average molecular weight is 223 g/mol. The van der Waals surface area contributed by atoms with Gasteiger partial charge in [-0.3, -0.25) is 4.79 Å². The van der Waals surface area contributed by atoms with Crippen molar-refractivity contribution >= 4 is 28.5 Å². The molecule has 0 aliphatic rings. The molecule has 0 unspecified atom stereocenters. The van der Waals surface area contributed by atoms with Crippen molar-refractivity contribution in [2.24, 2.45) is 0 Å². The van der Waals surface area contributed by atoms with Crippen LogP contribution in [0, 0.1) is 0 Å². The first-order valence-electron chi connectivity index (χ1n) is 2.11. The van der Waals surface area contributed by atoms with Crippen LogP contribution >= 0.6 is 0 Å². The topological polar surface area (TPSA) is 43.4 Å². The number of carbonyl (C=O) groups is 1. The van der Waals surface area contributed by atoms with Gasteiger partial charge in [-0.1, -0.05) is 0 Å². The van der Waals surface area contributed by atoms with E-state index < -0.39 is 0 Å². The van der Waals surface area contributed by atoms with Crippen LogP contribution in [0.4, 0.5) is 0 Å². The Balaban J connectivity index is 0. The van der Waals surface area contributed by atoms with E-state index in [1.165, 1.54) is 6.92 Å². The van der Waals surface area contributed by atoms with E-state index in [1.807, 2.05) is 0 Å². The van der Waals surface area contributed by atoms with Gasteiger partial charge >= 0.3 is 31.6 Å². The molecule has 0 aromatic carbocycles. The van der Waals surface area contributed by atoms with E-state index in [1.54, 1.807) is 6.92 Å². The molecule has 0 aromatic rings. The fraction of sp³-hybridized carbons (Fsp3) is 0.750. The number of rotatable bonds is 1. The molecule has 0 saturated carbocycles. The molecule has 0 aliphatic heterocycles. The van der Waals surface area contributed by atoms with Gasteiger partial charge in [0.2, 0.25) is 0 Å². The molecule has 4 heteroatoms. The zero-order chi connectivity index (χ0) is 6.99. The summed E-state index contributed by atoms with van der Waals surface area (Å²) in [7, 11) is 0. The maximum atomic E-state index is 9.82. The van der Waals surface area contributed by atoms with Gasteiger partial charge in [0.05, 0.1) is 6.61 Å². The number of esters is 1. The quantitative estimate of drug-likeness (QED) is 0.466. The van der Waals surface area contributed by atoms with Crippen molar-refractivity contribution in [1.29, 1.82) is 0 Å². The molecular formula is C4H8O3Sn. The molecule has 3 nitrogen and oxygen atoms in total. The summed E-state index contributed by atoms with van der Waals surface area (Å²) in [5, 5.41) is 0. The Bertz CT molecular complexity index is 64.3. The van der Waals surface area contributed by atoms with E-state index in [0.29, 0.717) is 29.1 Å². The van der Waals surface area contributed by atoms with E-state index >= 15 is 0 Å². The average Bonchev–Trinajstić information content (AvgIpc) is 1.72. The SMILES string of the molecule is CCOC(C)=O.[O]=[Sn]. The second-order valence-electron chi connectivity index (χ2n) is 0.925. The summed E-state index contributed by atoms with van der Waals surface area (Å²) in [4.78, 5) is 9.82. The van der Waals surface area contributed by atoms with Gasteiger partial charge in [0.15, 0.2) is 0 Å². The first kappa shape index (κ1) is 10.9. The monoisotopic (exact) mass is 224 g/mol. The Morgan fingerprint density at radius 2 is 2.00 bits per heavy atom. The second kappa shape index (κ2) is 10.1. The maximum absolute atomic E-state index is 9.82. The summed E-state index contributed by atoms with van der Waals surface area (Å²) >= 11 is 0.300. The molecule has 0 saturated heterocycles. The molecule has 2 radical (unpaired) electrons. The fourth-order valence-corrected chi connectivity index (χ4v) is 0.203. The molecule has 0 N–H and O–H groups in total. The van der Waals surface area contributed by atoms with Crippen LogP contribution in [0.3, 0.4) is 0 Å². The number of hydrogen-bond donors (Lipinski definition) is 0. The van der Waals surface area contributed by atoms with Gasteiger partial charge in [0.1, 0.15) is 0 Å². The number of carbonyl (C=O) groups excluding carboxylic acids is 1. The summed E-state index contributed by atoms with van der Waals surface area (Å²) in [6.45, 7) is 3.65. The van der Waals surface area contributed by atoms with Crippen LogP contribution < -0.4 is 0 Å². The Kier molecular flexibility index (Phi) is 13.9. The van der Waals surface area contributed by atoms with Crippen LogP contribution in [-0.2, 0) is 12.6 Å². The van der Waals surface area contributed by atoms with E-state index in [0.717, 1.165) is 0 Å². The fourth-order valence-electron chi connectivity index (χ4n) is 0.203. The van der Waals surface area contributed by atoms with Crippen molar-refractivity contribution in [3.63, 3.8) is 0 Å². The zero-order valence-electron chi connectivity index (χ0n) is 4.93. The van der Waals surface area contributed by atoms with E-state index in [2.05, 4.69) is 4.74 Å². The molecule has 8 heavy (non-hydrogen) atoms. The molecular weight excluding hydrogens is 215 g/mol. The number of hydrogen-bond acceptors (Lipinski definition) is 3. The molecule has 0 heterocycles. The third kappa shape index (κ3) is 16.6. The summed E-state index contributed by atoms with van der Waals surface area (Å²) in [6.07, 6.45) is 0. The van der Waals surface area contributed by atoms with Gasteiger partial charge < -0.3 is 4.74 Å². The van der Waals surface area contributed by atoms with Crippen molar-refractivity contribution in [3.05, 3.63) is 0 Å². The van der Waals surface area contributed by atoms with Crippen molar-refractivity contribution in [1.82, 2.24) is 0 Å². The Labute approximate surface area is 61.9 Å². The predicted octanol–water partition coefficient (Wildman–Crippen LogP) is 0.0698. The van der Waals surface area contributed by atoms with Crippen LogP contribution in [0.15, 0.2) is 0 Å². The molecule has 0 bridgehead atoms. The van der Waals surface area contributed by atoms with E-state index in [4.69, 9.17) is 3.08 Å². The number of ether oxygens (including phenoxy) is 1. The summed E-state index contributed by atoms with van der Waals surface area (Å²) in [5.74, 6) is -0.211. The third-order valence-electron chi connectivity index (χ3n) is 0.348. The zero-order valence-corrected chi connectivity index (χ0v) is 7.79. The summed E-state index contributed by atoms with van der Waals surface area (Å²) in [6, 6.07) is 0. The minimum absolute atomic E-state index is 0.211. The van der Waals surface area contributed by atoms with Crippen molar-refractivity contribution in [2.75, 3.05) is 6.61 Å².